The summed E-state index contributed by atoms with van der Waals surface area (Å²) >= 11 is 0. The number of esters is 1. The fourth-order valence-electron chi connectivity index (χ4n) is 4.56. The van der Waals surface area contributed by atoms with Gasteiger partial charge in [0.15, 0.2) is 0 Å². The zero-order valence-electron chi connectivity index (χ0n) is 21.6. The zero-order chi connectivity index (χ0) is 24.7. The van der Waals surface area contributed by atoms with E-state index < -0.39 is 0 Å². The summed E-state index contributed by atoms with van der Waals surface area (Å²) in [6.07, 6.45) is 14.1. The Bertz CT molecular complexity index is 1020. The predicted molar refractivity (Wildman–Crippen MR) is 145 cm³/mol. The maximum absolute atomic E-state index is 12.6. The molecule has 0 N–H and O–H groups in total. The molecule has 0 unspecified atom stereocenters. The lowest BCUT2D eigenvalue weighted by molar-refractivity contribution is -0.140. The molecular formula is C33H40O2. The highest BCUT2D eigenvalue weighted by molar-refractivity contribution is 5.75. The molecule has 184 valence electrons. The van der Waals surface area contributed by atoms with Crippen LogP contribution in [0.1, 0.15) is 108 Å². The second kappa shape index (κ2) is 15.1. The molecule has 2 aromatic carbocycles. The zero-order valence-corrected chi connectivity index (χ0v) is 21.6. The van der Waals surface area contributed by atoms with E-state index in [4.69, 9.17) is 4.74 Å². The minimum absolute atomic E-state index is 0.0423. The van der Waals surface area contributed by atoms with Gasteiger partial charge in [-0.2, -0.15) is 0 Å². The third kappa shape index (κ3) is 9.66. The lowest BCUT2D eigenvalue weighted by Crippen LogP contribution is -2.25. The van der Waals surface area contributed by atoms with E-state index in [9.17, 15) is 4.79 Å². The maximum atomic E-state index is 12.6. The lowest BCUT2D eigenvalue weighted by atomic mass is 9.80. The van der Waals surface area contributed by atoms with Gasteiger partial charge in [-0.1, -0.05) is 76.1 Å². The van der Waals surface area contributed by atoms with Crippen LogP contribution in [0.4, 0.5) is 0 Å². The molecule has 2 nitrogen and oxygen atoms in total. The molecule has 1 fully saturated rings. The van der Waals surface area contributed by atoms with Crippen LogP contribution in [-0.2, 0) is 4.79 Å². The molecule has 1 saturated carbocycles. The van der Waals surface area contributed by atoms with Crippen LogP contribution in [0.15, 0.2) is 48.5 Å². The summed E-state index contributed by atoms with van der Waals surface area (Å²) in [6.45, 7) is 4.43. The van der Waals surface area contributed by atoms with E-state index in [1.807, 2.05) is 48.5 Å². The molecule has 35 heavy (non-hydrogen) atoms. The fraction of sp³-hybridized carbons (Fsp3) is 0.485. The van der Waals surface area contributed by atoms with Gasteiger partial charge in [0.1, 0.15) is 5.75 Å². The van der Waals surface area contributed by atoms with Crippen molar-refractivity contribution in [2.24, 2.45) is 11.8 Å². The van der Waals surface area contributed by atoms with Gasteiger partial charge < -0.3 is 4.74 Å². The highest BCUT2D eigenvalue weighted by atomic mass is 16.5. The average molecular weight is 469 g/mol. The Hall–Kier alpha value is -2.97. The van der Waals surface area contributed by atoms with Gasteiger partial charge in [0.2, 0.25) is 0 Å². The summed E-state index contributed by atoms with van der Waals surface area (Å²) in [7, 11) is 0. The standard InChI is InChI=1S/C33H40O2/c1-3-5-7-9-11-27-13-15-29(16-14-27)17-18-30-21-25-32(26-22-30)35-33(34)31-23-19-28(20-24-31)12-10-8-6-4-2/h13-16,21-22,25-26,28,31H,3-8,10,12,19-20,23-24H2,1-2H3/t28-,31-. The Morgan fingerprint density at radius 3 is 1.91 bits per heavy atom. The molecule has 0 bridgehead atoms. The number of hydrogen-bond acceptors (Lipinski definition) is 2. The van der Waals surface area contributed by atoms with Crippen LogP contribution in [0.25, 0.3) is 0 Å². The summed E-state index contributed by atoms with van der Waals surface area (Å²) in [5, 5.41) is 0. The van der Waals surface area contributed by atoms with Gasteiger partial charge in [-0.3, -0.25) is 4.79 Å². The molecule has 0 atom stereocenters. The smallest absolute Gasteiger partial charge is 0.314 e. The Morgan fingerprint density at radius 2 is 1.31 bits per heavy atom. The molecule has 0 aromatic heterocycles. The van der Waals surface area contributed by atoms with E-state index >= 15 is 0 Å². The molecule has 1 aliphatic carbocycles. The normalized spacial score (nSPS) is 17.0. The van der Waals surface area contributed by atoms with E-state index in [2.05, 4.69) is 37.5 Å². The quantitative estimate of drug-likeness (QED) is 0.160. The first-order chi connectivity index (χ1) is 17.2. The minimum atomic E-state index is -0.0776. The van der Waals surface area contributed by atoms with Crippen LogP contribution in [0.3, 0.4) is 0 Å². The highest BCUT2D eigenvalue weighted by Crippen LogP contribution is 2.33. The van der Waals surface area contributed by atoms with E-state index in [0.717, 1.165) is 61.1 Å². The fourth-order valence-corrected chi connectivity index (χ4v) is 4.56. The second-order valence-corrected chi connectivity index (χ2v) is 9.75. The minimum Gasteiger partial charge on any atom is -0.426 e. The van der Waals surface area contributed by atoms with Gasteiger partial charge in [0.05, 0.1) is 5.92 Å². The van der Waals surface area contributed by atoms with Crippen molar-refractivity contribution in [2.75, 3.05) is 0 Å². The number of unbranched alkanes of at least 4 members (excludes halogenated alkanes) is 5. The molecule has 0 saturated heterocycles. The molecule has 0 spiro atoms. The van der Waals surface area contributed by atoms with Gasteiger partial charge in [-0.15, -0.1) is 0 Å². The Morgan fingerprint density at radius 1 is 0.743 bits per heavy atom. The number of rotatable bonds is 9. The number of ether oxygens (including phenoxy) is 1. The van der Waals surface area contributed by atoms with Gasteiger partial charge in [0, 0.05) is 23.1 Å². The van der Waals surface area contributed by atoms with E-state index in [0.29, 0.717) is 5.75 Å². The Kier molecular flexibility index (Phi) is 11.5. The summed E-state index contributed by atoms with van der Waals surface area (Å²) in [4.78, 5) is 12.6. The van der Waals surface area contributed by atoms with Gasteiger partial charge in [-0.05, 0) is 86.6 Å². The molecular weight excluding hydrogens is 428 g/mol. The molecule has 2 aromatic rings. The van der Waals surface area contributed by atoms with Crippen molar-refractivity contribution in [2.45, 2.75) is 90.9 Å². The van der Waals surface area contributed by atoms with Gasteiger partial charge in [0.25, 0.3) is 0 Å². The predicted octanol–water partition coefficient (Wildman–Crippen LogP) is 8.31. The Balaban J connectivity index is 1.44. The van der Waals surface area contributed by atoms with Crippen molar-refractivity contribution in [3.05, 3.63) is 65.2 Å². The average Bonchev–Trinajstić information content (AvgIpc) is 2.90. The third-order valence-corrected chi connectivity index (χ3v) is 6.84. The monoisotopic (exact) mass is 468 g/mol. The summed E-state index contributed by atoms with van der Waals surface area (Å²) in [5.41, 5.74) is 2.88. The van der Waals surface area contributed by atoms with E-state index in [-0.39, 0.29) is 11.9 Å². The van der Waals surface area contributed by atoms with Crippen molar-refractivity contribution in [1.82, 2.24) is 0 Å². The number of hydrogen-bond donors (Lipinski definition) is 0. The highest BCUT2D eigenvalue weighted by Gasteiger charge is 2.27. The second-order valence-electron chi connectivity index (χ2n) is 9.75. The van der Waals surface area contributed by atoms with Gasteiger partial charge >= 0.3 is 5.97 Å². The number of benzene rings is 2. The summed E-state index contributed by atoms with van der Waals surface area (Å²) in [5.74, 6) is 14.2. The summed E-state index contributed by atoms with van der Waals surface area (Å²) < 4.78 is 5.68. The van der Waals surface area contributed by atoms with Crippen LogP contribution < -0.4 is 4.74 Å². The van der Waals surface area contributed by atoms with Crippen LogP contribution >= 0.6 is 0 Å². The molecule has 2 heteroatoms. The van der Waals surface area contributed by atoms with Crippen molar-refractivity contribution >= 4 is 5.97 Å². The van der Waals surface area contributed by atoms with Crippen LogP contribution in [0.2, 0.25) is 0 Å². The van der Waals surface area contributed by atoms with Crippen molar-refractivity contribution in [3.63, 3.8) is 0 Å². The van der Waals surface area contributed by atoms with Crippen molar-refractivity contribution < 1.29 is 9.53 Å². The van der Waals surface area contributed by atoms with Gasteiger partial charge in [-0.25, -0.2) is 0 Å². The van der Waals surface area contributed by atoms with E-state index in [1.54, 1.807) is 0 Å². The van der Waals surface area contributed by atoms with Crippen molar-refractivity contribution in [1.29, 1.82) is 0 Å². The molecule has 1 aliphatic rings. The Labute approximate surface area is 212 Å². The third-order valence-electron chi connectivity index (χ3n) is 6.84. The molecule has 0 heterocycles. The number of carbonyl (C=O) groups excluding carboxylic acids is 1. The number of carbonyl (C=O) groups is 1. The first-order valence-corrected chi connectivity index (χ1v) is 13.6. The first-order valence-electron chi connectivity index (χ1n) is 13.6. The molecule has 0 amide bonds. The van der Waals surface area contributed by atoms with Crippen LogP contribution in [-0.4, -0.2) is 5.97 Å². The largest absolute Gasteiger partial charge is 0.426 e. The lowest BCUT2D eigenvalue weighted by Gasteiger charge is -2.27. The van der Waals surface area contributed by atoms with E-state index in [1.165, 1.54) is 38.5 Å². The topological polar surface area (TPSA) is 26.3 Å². The molecule has 0 aliphatic heterocycles. The van der Waals surface area contributed by atoms with Crippen LogP contribution in [0.5, 0.6) is 5.75 Å². The SMILES string of the molecule is CCCCC#Cc1ccc(C#Cc2ccc(OC(=O)[C@H]3CC[C@H](CCCCCC)CC3)cc2)cc1. The van der Waals surface area contributed by atoms with Crippen LogP contribution in [0, 0.1) is 35.5 Å². The molecule has 3 rings (SSSR count). The summed E-state index contributed by atoms with van der Waals surface area (Å²) in [6, 6.07) is 15.6. The van der Waals surface area contributed by atoms with Crippen molar-refractivity contribution in [3.8, 4) is 29.4 Å². The molecule has 0 radical (unpaired) electrons. The maximum Gasteiger partial charge on any atom is 0.314 e. The first kappa shape index (κ1) is 26.6.